The molecule has 5 aromatic rings. The Labute approximate surface area is 247 Å². The van der Waals surface area contributed by atoms with Crippen LogP contribution in [0.5, 0.6) is 0 Å². The quantitative estimate of drug-likeness (QED) is 0.176. The van der Waals surface area contributed by atoms with Crippen LogP contribution in [0.1, 0.15) is 26.4 Å². The fourth-order valence-electron chi connectivity index (χ4n) is 4.58. The van der Waals surface area contributed by atoms with Gasteiger partial charge in [-0.15, -0.1) is 11.3 Å². The summed E-state index contributed by atoms with van der Waals surface area (Å²) in [5.74, 6) is -0.898. The number of nitrogens with one attached hydrogen (secondary N) is 1. The van der Waals surface area contributed by atoms with Crippen molar-refractivity contribution < 1.29 is 19.1 Å². The third kappa shape index (κ3) is 6.94. The van der Waals surface area contributed by atoms with E-state index in [9.17, 15) is 14.4 Å². The number of amides is 3. The minimum Gasteiger partial charge on any atom is -0.445 e. The van der Waals surface area contributed by atoms with Crippen LogP contribution in [0.25, 0.3) is 10.1 Å². The van der Waals surface area contributed by atoms with Crippen molar-refractivity contribution in [2.24, 2.45) is 5.73 Å². The fraction of sp³-hybridized carbons (Fsp3) is 0.121. The zero-order valence-corrected chi connectivity index (χ0v) is 23.6. The van der Waals surface area contributed by atoms with Crippen LogP contribution in [0.2, 0.25) is 0 Å². The van der Waals surface area contributed by atoms with Crippen LogP contribution < -0.4 is 16.8 Å². The SMILES string of the molecule is NC(=O)[C@H](Cc1ccccc1)N(Cc1ccc2cc(C(=O)Nc3ccccc3N)sc2c1)C(=O)OCc1ccccc1. The van der Waals surface area contributed by atoms with Crippen molar-refractivity contribution in [1.82, 2.24) is 4.90 Å². The highest BCUT2D eigenvalue weighted by Gasteiger charge is 2.30. The molecule has 0 bridgehead atoms. The van der Waals surface area contributed by atoms with E-state index in [1.807, 2.05) is 84.9 Å². The molecule has 1 atom stereocenters. The van der Waals surface area contributed by atoms with Gasteiger partial charge in [-0.3, -0.25) is 14.5 Å². The highest BCUT2D eigenvalue weighted by molar-refractivity contribution is 7.20. The lowest BCUT2D eigenvalue weighted by Gasteiger charge is -2.29. The summed E-state index contributed by atoms with van der Waals surface area (Å²) in [5.41, 5.74) is 15.3. The van der Waals surface area contributed by atoms with Gasteiger partial charge in [-0.1, -0.05) is 84.9 Å². The molecule has 0 spiro atoms. The topological polar surface area (TPSA) is 128 Å². The van der Waals surface area contributed by atoms with Gasteiger partial charge in [-0.25, -0.2) is 4.79 Å². The number of nitrogens with two attached hydrogens (primary N) is 2. The molecule has 0 aliphatic carbocycles. The van der Waals surface area contributed by atoms with Crippen molar-refractivity contribution >= 4 is 50.7 Å². The molecule has 0 aliphatic heterocycles. The molecule has 4 aromatic carbocycles. The Hall–Kier alpha value is -5.15. The molecule has 5 rings (SSSR count). The molecule has 1 heterocycles. The summed E-state index contributed by atoms with van der Waals surface area (Å²) in [7, 11) is 0. The van der Waals surface area contributed by atoms with E-state index >= 15 is 0 Å². The Balaban J connectivity index is 1.39. The van der Waals surface area contributed by atoms with Gasteiger partial charge in [-0.2, -0.15) is 0 Å². The number of anilines is 2. The number of para-hydroxylation sites is 2. The lowest BCUT2D eigenvalue weighted by molar-refractivity contribution is -0.123. The number of carbonyl (C=O) groups is 3. The number of benzene rings is 4. The summed E-state index contributed by atoms with van der Waals surface area (Å²) in [5, 5.41) is 3.73. The second-order valence-electron chi connectivity index (χ2n) is 9.80. The van der Waals surface area contributed by atoms with E-state index in [0.29, 0.717) is 16.3 Å². The van der Waals surface area contributed by atoms with Gasteiger partial charge in [0.25, 0.3) is 5.91 Å². The molecule has 0 unspecified atom stereocenters. The lowest BCUT2D eigenvalue weighted by Crippen LogP contribution is -2.49. The zero-order valence-electron chi connectivity index (χ0n) is 22.7. The molecular formula is C33H30N4O4S. The van der Waals surface area contributed by atoms with E-state index in [4.69, 9.17) is 16.2 Å². The standard InChI is InChI=1S/C33H30N4O4S/c34-26-13-7-8-14-27(26)36-32(39)30-19-25-16-15-24(18-29(25)42-30)20-37(33(40)41-21-23-11-5-2-6-12-23)28(31(35)38)17-22-9-3-1-4-10-22/h1-16,18-19,28H,17,20-21,34H2,(H2,35,38)(H,36,39)/t28-/m0/s1. The minimum absolute atomic E-state index is 0.0569. The van der Waals surface area contributed by atoms with Gasteiger partial charge < -0.3 is 21.5 Å². The number of ether oxygens (including phenoxy) is 1. The maximum absolute atomic E-state index is 13.5. The van der Waals surface area contributed by atoms with Crippen molar-refractivity contribution in [3.8, 4) is 0 Å². The zero-order chi connectivity index (χ0) is 29.5. The maximum atomic E-state index is 13.5. The van der Waals surface area contributed by atoms with E-state index in [1.54, 1.807) is 24.3 Å². The average molecular weight is 579 g/mol. The number of hydrogen-bond donors (Lipinski definition) is 3. The molecule has 0 fully saturated rings. The normalized spacial score (nSPS) is 11.5. The molecule has 0 aliphatic rings. The van der Waals surface area contributed by atoms with Crippen LogP contribution in [0.3, 0.4) is 0 Å². The van der Waals surface area contributed by atoms with Crippen molar-refractivity contribution in [2.75, 3.05) is 11.1 Å². The largest absolute Gasteiger partial charge is 0.445 e. The van der Waals surface area contributed by atoms with Crippen LogP contribution in [-0.2, 0) is 29.1 Å². The van der Waals surface area contributed by atoms with E-state index in [-0.39, 0.29) is 25.5 Å². The maximum Gasteiger partial charge on any atom is 0.411 e. The molecule has 3 amide bonds. The van der Waals surface area contributed by atoms with Gasteiger partial charge in [0, 0.05) is 17.7 Å². The Morgan fingerprint density at radius 2 is 1.48 bits per heavy atom. The molecule has 42 heavy (non-hydrogen) atoms. The Morgan fingerprint density at radius 3 is 2.17 bits per heavy atom. The van der Waals surface area contributed by atoms with Gasteiger partial charge in [0.05, 0.1) is 16.3 Å². The Bertz CT molecular complexity index is 1710. The molecule has 0 saturated carbocycles. The summed E-state index contributed by atoms with van der Waals surface area (Å²) < 4.78 is 6.50. The first kappa shape index (κ1) is 28.4. The number of primary amides is 1. The van der Waals surface area contributed by atoms with Crippen LogP contribution in [0, 0.1) is 0 Å². The predicted octanol–water partition coefficient (Wildman–Crippen LogP) is 5.97. The molecule has 9 heteroatoms. The van der Waals surface area contributed by atoms with Crippen LogP contribution in [-0.4, -0.2) is 28.8 Å². The second kappa shape index (κ2) is 13.0. The molecule has 5 N–H and O–H groups in total. The number of carbonyl (C=O) groups excluding carboxylic acids is 3. The van der Waals surface area contributed by atoms with Crippen molar-refractivity contribution in [3.05, 3.63) is 131 Å². The lowest BCUT2D eigenvalue weighted by atomic mass is 10.0. The summed E-state index contributed by atoms with van der Waals surface area (Å²) in [6.45, 7) is 0.144. The highest BCUT2D eigenvalue weighted by Crippen LogP contribution is 2.29. The van der Waals surface area contributed by atoms with Crippen LogP contribution in [0.4, 0.5) is 16.2 Å². The van der Waals surface area contributed by atoms with Gasteiger partial charge in [0.2, 0.25) is 5.91 Å². The van der Waals surface area contributed by atoms with E-state index in [1.165, 1.54) is 16.2 Å². The second-order valence-corrected chi connectivity index (χ2v) is 10.9. The molecule has 212 valence electrons. The molecule has 1 aromatic heterocycles. The molecular weight excluding hydrogens is 548 g/mol. The van der Waals surface area contributed by atoms with E-state index in [2.05, 4.69) is 5.32 Å². The number of nitrogens with zero attached hydrogens (tertiary/aromatic N) is 1. The highest BCUT2D eigenvalue weighted by atomic mass is 32.1. The smallest absolute Gasteiger partial charge is 0.411 e. The summed E-state index contributed by atoms with van der Waals surface area (Å²) in [4.78, 5) is 41.0. The number of nitrogen functional groups attached to an aromatic ring is 1. The first-order valence-electron chi connectivity index (χ1n) is 13.4. The number of fused-ring (bicyclic) bond motifs is 1. The summed E-state index contributed by atoms with van der Waals surface area (Å²) in [6.07, 6.45) is -0.407. The minimum atomic E-state index is -0.938. The third-order valence-electron chi connectivity index (χ3n) is 6.79. The molecule has 8 nitrogen and oxygen atoms in total. The predicted molar refractivity (Wildman–Crippen MR) is 166 cm³/mol. The summed E-state index contributed by atoms with van der Waals surface area (Å²) in [6, 6.07) is 32.3. The molecule has 0 saturated heterocycles. The summed E-state index contributed by atoms with van der Waals surface area (Å²) >= 11 is 1.33. The number of rotatable bonds is 10. The monoisotopic (exact) mass is 578 g/mol. The Kier molecular flexibility index (Phi) is 8.79. The average Bonchev–Trinajstić information content (AvgIpc) is 3.43. The van der Waals surface area contributed by atoms with E-state index < -0.39 is 18.0 Å². The van der Waals surface area contributed by atoms with Crippen molar-refractivity contribution in [3.63, 3.8) is 0 Å². The Morgan fingerprint density at radius 1 is 0.810 bits per heavy atom. The van der Waals surface area contributed by atoms with Crippen molar-refractivity contribution in [2.45, 2.75) is 25.6 Å². The third-order valence-corrected chi connectivity index (χ3v) is 7.88. The van der Waals surface area contributed by atoms with Crippen LogP contribution in [0.15, 0.2) is 109 Å². The first-order chi connectivity index (χ1) is 20.4. The fourth-order valence-corrected chi connectivity index (χ4v) is 5.60. The van der Waals surface area contributed by atoms with Crippen molar-refractivity contribution in [1.29, 1.82) is 0 Å². The van der Waals surface area contributed by atoms with Gasteiger partial charge >= 0.3 is 6.09 Å². The van der Waals surface area contributed by atoms with Gasteiger partial charge in [0.1, 0.15) is 12.6 Å². The van der Waals surface area contributed by atoms with Crippen LogP contribution >= 0.6 is 11.3 Å². The van der Waals surface area contributed by atoms with Gasteiger partial charge in [-0.05, 0) is 46.3 Å². The van der Waals surface area contributed by atoms with Gasteiger partial charge in [0.15, 0.2) is 0 Å². The first-order valence-corrected chi connectivity index (χ1v) is 14.2. The number of hydrogen-bond acceptors (Lipinski definition) is 6. The number of thiophene rings is 1. The van der Waals surface area contributed by atoms with E-state index in [0.717, 1.165) is 26.8 Å². The molecule has 0 radical (unpaired) electrons.